The van der Waals surface area contributed by atoms with Gasteiger partial charge in [-0.15, -0.1) is 0 Å². The molecule has 104 valence electrons. The smallest absolute Gasteiger partial charge is 0.217 e. The third-order valence-electron chi connectivity index (χ3n) is 3.24. The van der Waals surface area contributed by atoms with Gasteiger partial charge in [0.15, 0.2) is 0 Å². The fraction of sp³-hybridized carbons (Fsp3) is 0.500. The molecule has 0 spiro atoms. The van der Waals surface area contributed by atoms with Crippen molar-refractivity contribution in [3.05, 3.63) is 28.2 Å². The highest BCUT2D eigenvalue weighted by molar-refractivity contribution is 9.10. The Hall–Kier alpha value is -1.07. The summed E-state index contributed by atoms with van der Waals surface area (Å²) in [4.78, 5) is 10.7. The van der Waals surface area contributed by atoms with Gasteiger partial charge in [-0.1, -0.05) is 22.0 Å². The highest BCUT2D eigenvalue weighted by Crippen LogP contribution is 2.33. The first-order chi connectivity index (χ1) is 9.16. The molecule has 0 aliphatic carbocycles. The molecule has 19 heavy (non-hydrogen) atoms. The topological polar surface area (TPSA) is 64.4 Å². The van der Waals surface area contributed by atoms with Gasteiger partial charge in [-0.2, -0.15) is 0 Å². The molecule has 1 aliphatic heterocycles. The molecule has 1 unspecified atom stereocenters. The number of fused-ring (bicyclic) bond motifs is 1. The lowest BCUT2D eigenvalue weighted by Crippen LogP contribution is -2.23. The molecule has 0 saturated heterocycles. The molecule has 1 heterocycles. The molecule has 5 heteroatoms. The normalized spacial score (nSPS) is 18.3. The van der Waals surface area contributed by atoms with Gasteiger partial charge in [0.1, 0.15) is 5.75 Å². The maximum Gasteiger partial charge on any atom is 0.217 e. The summed E-state index contributed by atoms with van der Waals surface area (Å²) in [6.07, 6.45) is 3.28. The summed E-state index contributed by atoms with van der Waals surface area (Å²) in [6.45, 7) is 1.55. The van der Waals surface area contributed by atoms with Crippen LogP contribution >= 0.6 is 15.9 Å². The van der Waals surface area contributed by atoms with Crippen LogP contribution < -0.4 is 15.8 Å². The van der Waals surface area contributed by atoms with Crippen LogP contribution in [0.3, 0.4) is 0 Å². The Kier molecular flexibility index (Phi) is 5.22. The van der Waals surface area contributed by atoms with E-state index in [-0.39, 0.29) is 5.91 Å². The van der Waals surface area contributed by atoms with Crippen LogP contribution in [-0.4, -0.2) is 19.1 Å². The van der Waals surface area contributed by atoms with Crippen LogP contribution in [0.15, 0.2) is 22.7 Å². The van der Waals surface area contributed by atoms with E-state index in [0.717, 1.165) is 42.6 Å². The van der Waals surface area contributed by atoms with Crippen LogP contribution in [0.1, 0.15) is 37.3 Å². The molecule has 4 nitrogen and oxygen atoms in total. The Balaban J connectivity index is 1.99. The predicted molar refractivity (Wildman–Crippen MR) is 78.0 cm³/mol. The summed E-state index contributed by atoms with van der Waals surface area (Å²) >= 11 is 3.46. The Labute approximate surface area is 121 Å². The second kappa shape index (κ2) is 6.91. The maximum atomic E-state index is 10.7. The molecule has 1 atom stereocenters. The van der Waals surface area contributed by atoms with E-state index in [0.29, 0.717) is 12.5 Å². The van der Waals surface area contributed by atoms with Crippen LogP contribution in [-0.2, 0) is 4.79 Å². The molecule has 2 rings (SSSR count). The lowest BCUT2D eigenvalue weighted by atomic mass is 10.0. The molecule has 1 aromatic rings. The Morgan fingerprint density at radius 2 is 2.37 bits per heavy atom. The van der Waals surface area contributed by atoms with Crippen LogP contribution in [0.5, 0.6) is 5.75 Å². The summed E-state index contributed by atoms with van der Waals surface area (Å²) in [6, 6.07) is 6.43. The fourth-order valence-electron chi connectivity index (χ4n) is 2.30. The van der Waals surface area contributed by atoms with E-state index in [1.165, 1.54) is 5.56 Å². The Bertz CT molecular complexity index is 451. The molecule has 0 aromatic heterocycles. The van der Waals surface area contributed by atoms with E-state index in [9.17, 15) is 4.79 Å². The van der Waals surface area contributed by atoms with E-state index in [2.05, 4.69) is 27.3 Å². The van der Waals surface area contributed by atoms with Crippen molar-refractivity contribution < 1.29 is 9.53 Å². The van der Waals surface area contributed by atoms with Crippen LogP contribution in [0.4, 0.5) is 0 Å². The van der Waals surface area contributed by atoms with E-state index in [1.54, 1.807) is 0 Å². The SMILES string of the molecule is NC(=O)CCCNC1CCCOc2cc(Br)ccc21. The van der Waals surface area contributed by atoms with Gasteiger partial charge >= 0.3 is 0 Å². The van der Waals surface area contributed by atoms with Crippen molar-refractivity contribution in [2.24, 2.45) is 5.73 Å². The minimum absolute atomic E-state index is 0.240. The minimum Gasteiger partial charge on any atom is -0.493 e. The molecule has 0 bridgehead atoms. The predicted octanol–water partition coefficient (Wildman–Crippen LogP) is 2.52. The zero-order chi connectivity index (χ0) is 13.7. The lowest BCUT2D eigenvalue weighted by molar-refractivity contribution is -0.118. The van der Waals surface area contributed by atoms with Gasteiger partial charge in [0.25, 0.3) is 0 Å². The van der Waals surface area contributed by atoms with Crippen molar-refractivity contribution in [3.63, 3.8) is 0 Å². The quantitative estimate of drug-likeness (QED) is 0.817. The molecule has 0 saturated carbocycles. The first-order valence-corrected chi connectivity index (χ1v) is 7.40. The third-order valence-corrected chi connectivity index (χ3v) is 3.73. The number of amides is 1. The van der Waals surface area contributed by atoms with Gasteiger partial charge in [-0.25, -0.2) is 0 Å². The van der Waals surface area contributed by atoms with Gasteiger partial charge < -0.3 is 15.8 Å². The molecule has 1 aromatic carbocycles. The highest BCUT2D eigenvalue weighted by Gasteiger charge is 2.19. The number of ether oxygens (including phenoxy) is 1. The summed E-state index contributed by atoms with van der Waals surface area (Å²) < 4.78 is 6.79. The van der Waals surface area contributed by atoms with Crippen molar-refractivity contribution in [2.45, 2.75) is 31.7 Å². The summed E-state index contributed by atoms with van der Waals surface area (Å²) in [5, 5.41) is 3.49. The molecule has 1 amide bonds. The first-order valence-electron chi connectivity index (χ1n) is 6.61. The number of benzene rings is 1. The number of rotatable bonds is 5. The zero-order valence-electron chi connectivity index (χ0n) is 10.8. The van der Waals surface area contributed by atoms with Crippen molar-refractivity contribution in [3.8, 4) is 5.75 Å². The highest BCUT2D eigenvalue weighted by atomic mass is 79.9. The lowest BCUT2D eigenvalue weighted by Gasteiger charge is -2.18. The first kappa shape index (κ1) is 14.3. The number of hydrogen-bond acceptors (Lipinski definition) is 3. The monoisotopic (exact) mass is 326 g/mol. The molecule has 3 N–H and O–H groups in total. The van der Waals surface area contributed by atoms with Crippen molar-refractivity contribution in [1.82, 2.24) is 5.32 Å². The standard InChI is InChI=1S/C14H19BrN2O2/c15-10-5-6-11-12(17-7-1-4-14(16)18)3-2-8-19-13(11)9-10/h5-6,9,12,17H,1-4,7-8H2,(H2,16,18). The molecule has 1 aliphatic rings. The van der Waals surface area contributed by atoms with E-state index in [4.69, 9.17) is 10.5 Å². The summed E-state index contributed by atoms with van der Waals surface area (Å²) in [7, 11) is 0. The Morgan fingerprint density at radius 1 is 1.53 bits per heavy atom. The summed E-state index contributed by atoms with van der Waals surface area (Å²) in [5.41, 5.74) is 6.33. The zero-order valence-corrected chi connectivity index (χ0v) is 12.4. The van der Waals surface area contributed by atoms with Gasteiger partial charge in [0, 0.05) is 22.5 Å². The molecule has 0 fully saturated rings. The van der Waals surface area contributed by atoms with Crippen LogP contribution in [0.25, 0.3) is 0 Å². The van der Waals surface area contributed by atoms with E-state index < -0.39 is 0 Å². The van der Waals surface area contributed by atoms with E-state index >= 15 is 0 Å². The van der Waals surface area contributed by atoms with Crippen molar-refractivity contribution >= 4 is 21.8 Å². The van der Waals surface area contributed by atoms with E-state index in [1.807, 2.05) is 12.1 Å². The molecular weight excluding hydrogens is 308 g/mol. The number of primary amides is 1. The second-order valence-electron chi connectivity index (χ2n) is 4.75. The number of hydrogen-bond donors (Lipinski definition) is 2. The fourth-order valence-corrected chi connectivity index (χ4v) is 2.64. The van der Waals surface area contributed by atoms with Gasteiger partial charge in [0.2, 0.25) is 5.91 Å². The average molecular weight is 327 g/mol. The maximum absolute atomic E-state index is 10.7. The largest absolute Gasteiger partial charge is 0.493 e. The van der Waals surface area contributed by atoms with Crippen molar-refractivity contribution in [1.29, 1.82) is 0 Å². The Morgan fingerprint density at radius 3 is 3.16 bits per heavy atom. The van der Waals surface area contributed by atoms with Gasteiger partial charge in [0.05, 0.1) is 6.61 Å². The van der Waals surface area contributed by atoms with Gasteiger partial charge in [-0.05, 0) is 37.9 Å². The number of nitrogens with one attached hydrogen (secondary N) is 1. The number of nitrogens with two attached hydrogens (primary N) is 1. The third kappa shape index (κ3) is 4.21. The molecular formula is C14H19BrN2O2. The second-order valence-corrected chi connectivity index (χ2v) is 5.67. The van der Waals surface area contributed by atoms with Crippen LogP contribution in [0.2, 0.25) is 0 Å². The minimum atomic E-state index is -0.240. The average Bonchev–Trinajstić information content (AvgIpc) is 2.56. The summed E-state index contributed by atoms with van der Waals surface area (Å²) in [5.74, 6) is 0.703. The van der Waals surface area contributed by atoms with Crippen molar-refractivity contribution in [2.75, 3.05) is 13.2 Å². The number of carbonyl (C=O) groups is 1. The van der Waals surface area contributed by atoms with Crippen LogP contribution in [0, 0.1) is 0 Å². The number of carbonyl (C=O) groups excluding carboxylic acids is 1. The van der Waals surface area contributed by atoms with Gasteiger partial charge in [-0.3, -0.25) is 4.79 Å². The number of halogens is 1. The molecule has 0 radical (unpaired) electrons.